The maximum atomic E-state index is 11.0. The van der Waals surface area contributed by atoms with E-state index < -0.39 is 9.05 Å². The SMILES string of the molecule is N#Cc1c(S)ccc(S(=O)(=O)Cl)c1Cl. The van der Waals surface area contributed by atoms with Crippen molar-refractivity contribution < 1.29 is 8.42 Å². The van der Waals surface area contributed by atoms with Crippen LogP contribution in [0.15, 0.2) is 21.9 Å². The molecule has 0 fully saturated rings. The van der Waals surface area contributed by atoms with Crippen LogP contribution in [0.5, 0.6) is 0 Å². The third-order valence-corrected chi connectivity index (χ3v) is 3.70. The third kappa shape index (κ3) is 2.15. The number of nitrogens with zero attached hydrogens (tertiary/aromatic N) is 1. The summed E-state index contributed by atoms with van der Waals surface area (Å²) in [6, 6.07) is 4.30. The van der Waals surface area contributed by atoms with Crippen LogP contribution in [0.2, 0.25) is 5.02 Å². The van der Waals surface area contributed by atoms with Gasteiger partial charge in [0.15, 0.2) is 0 Å². The van der Waals surface area contributed by atoms with E-state index in [0.717, 1.165) is 0 Å². The van der Waals surface area contributed by atoms with Gasteiger partial charge in [-0.1, -0.05) is 11.6 Å². The molecule has 0 atom stereocenters. The van der Waals surface area contributed by atoms with E-state index >= 15 is 0 Å². The molecule has 0 heterocycles. The molecule has 1 aromatic carbocycles. The molecule has 14 heavy (non-hydrogen) atoms. The van der Waals surface area contributed by atoms with Gasteiger partial charge in [-0.15, -0.1) is 12.6 Å². The van der Waals surface area contributed by atoms with Crippen LogP contribution in [0.1, 0.15) is 5.56 Å². The first kappa shape index (κ1) is 11.7. The average molecular weight is 268 g/mol. The van der Waals surface area contributed by atoms with Crippen LogP contribution in [-0.4, -0.2) is 8.42 Å². The molecule has 7 heteroatoms. The minimum absolute atomic E-state index is 0.00303. The minimum atomic E-state index is -3.93. The smallest absolute Gasteiger partial charge is 0.207 e. The fourth-order valence-electron chi connectivity index (χ4n) is 0.841. The Labute approximate surface area is 96.1 Å². The standard InChI is InChI=1S/C7H3Cl2NO2S2/c8-7-4(3-10)5(13)1-2-6(7)14(9,11)12/h1-2,13H. The summed E-state index contributed by atoms with van der Waals surface area (Å²) in [5.41, 5.74) is -0.00303. The van der Waals surface area contributed by atoms with Gasteiger partial charge in [-0.2, -0.15) is 5.26 Å². The summed E-state index contributed by atoms with van der Waals surface area (Å²) in [6.07, 6.45) is 0. The molecule has 0 bridgehead atoms. The molecule has 0 aliphatic carbocycles. The fourth-order valence-corrected chi connectivity index (χ4v) is 2.71. The predicted molar refractivity (Wildman–Crippen MR) is 56.5 cm³/mol. The second kappa shape index (κ2) is 3.99. The predicted octanol–water partition coefficient (Wildman–Crippen LogP) is 2.43. The van der Waals surface area contributed by atoms with Crippen LogP contribution in [0, 0.1) is 11.3 Å². The summed E-state index contributed by atoms with van der Waals surface area (Å²) in [7, 11) is 1.17. The lowest BCUT2D eigenvalue weighted by Gasteiger charge is -2.03. The third-order valence-electron chi connectivity index (χ3n) is 1.46. The maximum absolute atomic E-state index is 11.0. The molecule has 0 spiro atoms. The molecule has 0 saturated carbocycles. The van der Waals surface area contributed by atoms with Crippen molar-refractivity contribution in [1.82, 2.24) is 0 Å². The zero-order valence-electron chi connectivity index (χ0n) is 6.53. The van der Waals surface area contributed by atoms with Crippen molar-refractivity contribution in [3.8, 4) is 6.07 Å². The highest BCUT2D eigenvalue weighted by Gasteiger charge is 2.18. The van der Waals surface area contributed by atoms with Gasteiger partial charge in [0.1, 0.15) is 11.0 Å². The van der Waals surface area contributed by atoms with Gasteiger partial charge in [0.25, 0.3) is 9.05 Å². The van der Waals surface area contributed by atoms with Crippen molar-refractivity contribution in [1.29, 1.82) is 5.26 Å². The molecule has 0 N–H and O–H groups in total. The summed E-state index contributed by atoms with van der Waals surface area (Å²) in [4.78, 5) is 0.0248. The summed E-state index contributed by atoms with van der Waals surface area (Å²) in [5.74, 6) is 0. The molecule has 1 aromatic rings. The largest absolute Gasteiger partial charge is 0.262 e. The number of benzene rings is 1. The molecule has 0 aliphatic heterocycles. The van der Waals surface area contributed by atoms with Gasteiger partial charge in [-0.3, -0.25) is 0 Å². The quantitative estimate of drug-likeness (QED) is 0.628. The second-order valence-corrected chi connectivity index (χ2v) is 5.72. The number of nitriles is 1. The Hall–Kier alpha value is -0.410. The molecule has 74 valence electrons. The van der Waals surface area contributed by atoms with Gasteiger partial charge in [0.2, 0.25) is 0 Å². The van der Waals surface area contributed by atoms with Crippen LogP contribution in [0.3, 0.4) is 0 Å². The monoisotopic (exact) mass is 267 g/mol. The van der Waals surface area contributed by atoms with Crippen LogP contribution < -0.4 is 0 Å². The first-order chi connectivity index (χ1) is 6.38. The number of hydrogen-bond donors (Lipinski definition) is 1. The van der Waals surface area contributed by atoms with Crippen molar-refractivity contribution in [2.24, 2.45) is 0 Å². The highest BCUT2D eigenvalue weighted by Crippen LogP contribution is 2.31. The van der Waals surface area contributed by atoms with Crippen LogP contribution in [0.25, 0.3) is 0 Å². The van der Waals surface area contributed by atoms with Crippen molar-refractivity contribution in [3.63, 3.8) is 0 Å². The first-order valence-corrected chi connectivity index (χ1v) is 6.37. The van der Waals surface area contributed by atoms with E-state index in [9.17, 15) is 8.42 Å². The molecule has 0 aromatic heterocycles. The number of thiol groups is 1. The Kier molecular flexibility index (Phi) is 3.32. The summed E-state index contributed by atoms with van der Waals surface area (Å²) < 4.78 is 22.0. The molecule has 0 aliphatic rings. The summed E-state index contributed by atoms with van der Waals surface area (Å²) in [6.45, 7) is 0. The van der Waals surface area contributed by atoms with Gasteiger partial charge < -0.3 is 0 Å². The molecule has 3 nitrogen and oxygen atoms in total. The first-order valence-electron chi connectivity index (χ1n) is 3.24. The van der Waals surface area contributed by atoms with Crippen LogP contribution in [-0.2, 0) is 9.05 Å². The lowest BCUT2D eigenvalue weighted by atomic mass is 10.2. The highest BCUT2D eigenvalue weighted by molar-refractivity contribution is 8.13. The summed E-state index contributed by atoms with van der Waals surface area (Å²) >= 11 is 9.61. The van der Waals surface area contributed by atoms with Crippen molar-refractivity contribution >= 4 is 44.0 Å². The normalized spacial score (nSPS) is 11.0. The van der Waals surface area contributed by atoms with Gasteiger partial charge in [-0.05, 0) is 12.1 Å². The fraction of sp³-hybridized carbons (Fsp3) is 0. The molecule has 1 rings (SSSR count). The van der Waals surface area contributed by atoms with Crippen LogP contribution >= 0.6 is 34.9 Å². The van der Waals surface area contributed by atoms with E-state index in [1.165, 1.54) is 12.1 Å². The molecule has 0 radical (unpaired) electrons. The van der Waals surface area contributed by atoms with Gasteiger partial charge in [-0.25, -0.2) is 8.42 Å². The lowest BCUT2D eigenvalue weighted by Crippen LogP contribution is -1.94. The van der Waals surface area contributed by atoms with Gasteiger partial charge >= 0.3 is 0 Å². The average Bonchev–Trinajstić information content (AvgIpc) is 2.02. The van der Waals surface area contributed by atoms with Crippen molar-refractivity contribution in [2.45, 2.75) is 9.79 Å². The summed E-state index contributed by atoms with van der Waals surface area (Å²) in [5, 5.41) is 8.47. The molecular formula is C7H3Cl2NO2S2. The Bertz CT molecular complexity index is 519. The van der Waals surface area contributed by atoms with Crippen molar-refractivity contribution in [3.05, 3.63) is 22.7 Å². The lowest BCUT2D eigenvalue weighted by molar-refractivity contribution is 0.609. The van der Waals surface area contributed by atoms with Gasteiger partial charge in [0, 0.05) is 15.6 Å². The number of halogens is 2. The zero-order valence-corrected chi connectivity index (χ0v) is 9.75. The van der Waals surface area contributed by atoms with E-state index in [1.807, 2.05) is 0 Å². The van der Waals surface area contributed by atoms with E-state index in [1.54, 1.807) is 6.07 Å². The van der Waals surface area contributed by atoms with E-state index in [4.69, 9.17) is 27.5 Å². The Morgan fingerprint density at radius 2 is 2.00 bits per heavy atom. The van der Waals surface area contributed by atoms with E-state index in [-0.39, 0.29) is 15.5 Å². The zero-order chi connectivity index (χ0) is 10.9. The second-order valence-electron chi connectivity index (χ2n) is 2.32. The Morgan fingerprint density at radius 1 is 1.43 bits per heavy atom. The molecule has 0 unspecified atom stereocenters. The Morgan fingerprint density at radius 3 is 2.43 bits per heavy atom. The molecular weight excluding hydrogens is 265 g/mol. The van der Waals surface area contributed by atoms with E-state index in [2.05, 4.69) is 12.6 Å². The van der Waals surface area contributed by atoms with Crippen LogP contribution in [0.4, 0.5) is 0 Å². The van der Waals surface area contributed by atoms with Crippen molar-refractivity contribution in [2.75, 3.05) is 0 Å². The Balaban J connectivity index is 3.62. The number of rotatable bonds is 1. The molecule has 0 amide bonds. The van der Waals surface area contributed by atoms with E-state index in [0.29, 0.717) is 4.90 Å². The topological polar surface area (TPSA) is 57.9 Å². The number of hydrogen-bond acceptors (Lipinski definition) is 4. The highest BCUT2D eigenvalue weighted by atomic mass is 35.7. The molecule has 0 saturated heterocycles. The maximum Gasteiger partial charge on any atom is 0.262 e. The minimum Gasteiger partial charge on any atom is -0.207 e. The van der Waals surface area contributed by atoms with Gasteiger partial charge in [0.05, 0.1) is 10.6 Å².